The number of benzene rings is 1. The predicted octanol–water partition coefficient (Wildman–Crippen LogP) is 5.80. The number of hydrogen-bond donors (Lipinski definition) is 1. The number of carbonyl (C=O) groups is 1. The van der Waals surface area contributed by atoms with E-state index in [9.17, 15) is 4.79 Å². The van der Waals surface area contributed by atoms with Gasteiger partial charge in [0.2, 0.25) is 5.91 Å². The summed E-state index contributed by atoms with van der Waals surface area (Å²) in [7, 11) is 0. The zero-order chi connectivity index (χ0) is 28.7. The summed E-state index contributed by atoms with van der Waals surface area (Å²) in [5, 5.41) is 3.36. The van der Waals surface area contributed by atoms with Gasteiger partial charge in [-0.25, -0.2) is 4.98 Å². The minimum absolute atomic E-state index is 0.105. The minimum Gasteiger partial charge on any atom is -0.375 e. The molecule has 2 aromatic rings. The van der Waals surface area contributed by atoms with Gasteiger partial charge in [0.25, 0.3) is 0 Å². The average molecular weight is 553 g/mol. The van der Waals surface area contributed by atoms with E-state index in [1.54, 1.807) is 11.3 Å². The summed E-state index contributed by atoms with van der Waals surface area (Å²) in [5.74, 6) is 0.760. The molecule has 6 heteroatoms. The summed E-state index contributed by atoms with van der Waals surface area (Å²) >= 11 is 1.75. The SMILES string of the molecule is C#C.C#C.C1CCCCC1.CCOCc1nc(C)sc1[C@@H]1C[NH2+]CC1C(=O)N1CCCCC1.c1ccccc1. The zero-order valence-electron chi connectivity index (χ0n) is 24.2. The third-order valence-electron chi connectivity index (χ3n) is 7.09. The van der Waals surface area contributed by atoms with Crippen LogP contribution in [0.2, 0.25) is 0 Å². The molecule has 1 unspecified atom stereocenters. The second-order valence-corrected chi connectivity index (χ2v) is 11.1. The van der Waals surface area contributed by atoms with Gasteiger partial charge in [0.05, 0.1) is 36.3 Å². The number of nitrogens with two attached hydrogens (primary N) is 1. The van der Waals surface area contributed by atoms with Gasteiger partial charge in [-0.1, -0.05) is 74.9 Å². The van der Waals surface area contributed by atoms with Gasteiger partial charge < -0.3 is 15.0 Å². The Bertz CT molecular complexity index is 871. The smallest absolute Gasteiger partial charge is 0.232 e. The van der Waals surface area contributed by atoms with Crippen LogP contribution in [0.4, 0.5) is 0 Å². The molecular weight excluding hydrogens is 502 g/mol. The molecule has 214 valence electrons. The van der Waals surface area contributed by atoms with E-state index in [2.05, 4.69) is 40.9 Å². The lowest BCUT2D eigenvalue weighted by molar-refractivity contribution is -0.638. The number of piperidine rings is 1. The molecule has 2 atom stereocenters. The highest BCUT2D eigenvalue weighted by molar-refractivity contribution is 7.11. The van der Waals surface area contributed by atoms with Crippen LogP contribution in [0.1, 0.15) is 86.2 Å². The van der Waals surface area contributed by atoms with E-state index < -0.39 is 0 Å². The maximum Gasteiger partial charge on any atom is 0.232 e. The van der Waals surface area contributed by atoms with Gasteiger partial charge in [-0.15, -0.1) is 37.0 Å². The zero-order valence-corrected chi connectivity index (χ0v) is 25.0. The van der Waals surface area contributed by atoms with Gasteiger partial charge in [-0.05, 0) is 33.1 Å². The van der Waals surface area contributed by atoms with Crippen LogP contribution in [0.5, 0.6) is 0 Å². The topological polar surface area (TPSA) is 59.0 Å². The predicted molar refractivity (Wildman–Crippen MR) is 164 cm³/mol. The minimum atomic E-state index is 0.105. The molecule has 3 aliphatic rings. The van der Waals surface area contributed by atoms with Crippen LogP contribution in [-0.2, 0) is 16.1 Å². The summed E-state index contributed by atoms with van der Waals surface area (Å²) < 4.78 is 5.58. The highest BCUT2D eigenvalue weighted by Crippen LogP contribution is 2.34. The highest BCUT2D eigenvalue weighted by atomic mass is 32.1. The molecule has 5 rings (SSSR count). The Hall–Kier alpha value is -2.64. The van der Waals surface area contributed by atoms with Crippen molar-refractivity contribution in [1.29, 1.82) is 0 Å². The van der Waals surface area contributed by atoms with E-state index in [0.29, 0.717) is 25.0 Å². The first-order valence-electron chi connectivity index (χ1n) is 14.5. The fraction of sp³-hybridized carbons (Fsp3) is 0.576. The van der Waals surface area contributed by atoms with Crippen LogP contribution in [-0.4, -0.2) is 48.6 Å². The molecule has 3 heterocycles. The van der Waals surface area contributed by atoms with E-state index in [1.807, 2.05) is 50.2 Å². The summed E-state index contributed by atoms with van der Waals surface area (Å²) in [5.41, 5.74) is 1.05. The maximum atomic E-state index is 13.0. The molecule has 0 spiro atoms. The third-order valence-corrected chi connectivity index (χ3v) is 8.24. The van der Waals surface area contributed by atoms with Crippen molar-refractivity contribution < 1.29 is 14.8 Å². The lowest BCUT2D eigenvalue weighted by Gasteiger charge is -2.29. The Morgan fingerprint density at radius 2 is 1.38 bits per heavy atom. The van der Waals surface area contributed by atoms with Gasteiger partial charge in [-0.2, -0.15) is 0 Å². The number of rotatable bonds is 5. The first-order valence-corrected chi connectivity index (χ1v) is 15.3. The molecule has 1 aliphatic carbocycles. The number of ether oxygens (including phenoxy) is 1. The van der Waals surface area contributed by atoms with Crippen molar-refractivity contribution >= 4 is 17.2 Å². The molecule has 1 aromatic heterocycles. The number of aromatic nitrogens is 1. The molecule has 39 heavy (non-hydrogen) atoms. The number of thiazole rings is 1. The number of terminal acetylenes is 2. The second-order valence-electron chi connectivity index (χ2n) is 9.82. The number of quaternary nitrogens is 1. The number of likely N-dealkylation sites (tertiary alicyclic amines) is 1. The van der Waals surface area contributed by atoms with Gasteiger partial charge in [-0.3, -0.25) is 4.79 Å². The van der Waals surface area contributed by atoms with Crippen molar-refractivity contribution in [2.45, 2.75) is 84.2 Å². The Morgan fingerprint density at radius 1 is 0.897 bits per heavy atom. The normalized spacial score (nSPS) is 19.8. The van der Waals surface area contributed by atoms with Crippen LogP contribution < -0.4 is 5.32 Å². The van der Waals surface area contributed by atoms with Gasteiger partial charge in [0.1, 0.15) is 5.92 Å². The molecule has 2 aliphatic heterocycles. The summed E-state index contributed by atoms with van der Waals surface area (Å²) in [4.78, 5) is 21.0. The van der Waals surface area contributed by atoms with Gasteiger partial charge >= 0.3 is 0 Å². The lowest BCUT2D eigenvalue weighted by Crippen LogP contribution is -2.81. The fourth-order valence-electron chi connectivity index (χ4n) is 5.22. The third kappa shape index (κ3) is 12.8. The Morgan fingerprint density at radius 3 is 1.87 bits per heavy atom. The summed E-state index contributed by atoms with van der Waals surface area (Å²) in [6.45, 7) is 9.09. The number of hydrogen-bond acceptors (Lipinski definition) is 4. The standard InChI is InChI=1S/C17H27N3O2S.C6H12.C6H6.2C2H2/c1-3-22-11-15-16(23-12(2)19-15)13-9-18-10-14(13)17(21)20-7-5-4-6-8-20;2*1-2-4-6-5-3-1;2*1-2/h13-14,18H,3-11H2,1-2H3;1-6H2;1-6H;2*1-2H/p+1/t13-,14?;;;;/m1..../s1. The largest absolute Gasteiger partial charge is 0.375 e. The van der Waals surface area contributed by atoms with Crippen molar-refractivity contribution in [2.24, 2.45) is 5.92 Å². The first-order chi connectivity index (χ1) is 19.2. The molecule has 0 bridgehead atoms. The Labute approximate surface area is 242 Å². The second kappa shape index (κ2) is 22.2. The first kappa shape index (κ1) is 34.4. The molecular formula is C33H50N3O2S+. The van der Waals surface area contributed by atoms with Crippen molar-refractivity contribution in [3.8, 4) is 25.7 Å². The number of amides is 1. The van der Waals surface area contributed by atoms with Crippen LogP contribution in [0.25, 0.3) is 0 Å². The summed E-state index contributed by atoms with van der Waals surface area (Å²) in [6, 6.07) is 12.0. The number of aryl methyl sites for hydroxylation is 1. The van der Waals surface area contributed by atoms with E-state index in [0.717, 1.165) is 49.7 Å². The van der Waals surface area contributed by atoms with Crippen molar-refractivity contribution in [3.05, 3.63) is 52.0 Å². The van der Waals surface area contributed by atoms with E-state index in [1.165, 1.54) is 49.8 Å². The lowest BCUT2D eigenvalue weighted by atomic mass is 9.91. The fourth-order valence-corrected chi connectivity index (χ4v) is 6.33. The monoisotopic (exact) mass is 552 g/mol. The molecule has 0 radical (unpaired) electrons. The molecule has 3 fully saturated rings. The van der Waals surface area contributed by atoms with E-state index in [-0.39, 0.29) is 5.92 Å². The van der Waals surface area contributed by atoms with Crippen LogP contribution >= 0.6 is 11.3 Å². The highest BCUT2D eigenvalue weighted by Gasteiger charge is 2.41. The Kier molecular flexibility index (Phi) is 19.6. The molecule has 2 saturated heterocycles. The molecule has 1 amide bonds. The van der Waals surface area contributed by atoms with Gasteiger partial charge in [0, 0.05) is 24.6 Å². The van der Waals surface area contributed by atoms with E-state index >= 15 is 0 Å². The van der Waals surface area contributed by atoms with Crippen molar-refractivity contribution in [3.63, 3.8) is 0 Å². The average Bonchev–Trinajstić information content (AvgIpc) is 3.67. The maximum absolute atomic E-state index is 13.0. The Balaban J connectivity index is 0.000000386. The van der Waals surface area contributed by atoms with Crippen LogP contribution in [0, 0.1) is 38.5 Å². The van der Waals surface area contributed by atoms with Crippen molar-refractivity contribution in [2.75, 3.05) is 32.8 Å². The molecule has 1 saturated carbocycles. The molecule has 2 N–H and O–H groups in total. The van der Waals surface area contributed by atoms with Crippen LogP contribution in [0.15, 0.2) is 36.4 Å². The quantitative estimate of drug-likeness (QED) is 0.477. The molecule has 1 aromatic carbocycles. The number of nitrogens with zero attached hydrogens (tertiary/aromatic N) is 2. The number of carbonyl (C=O) groups excluding carboxylic acids is 1. The molecule has 5 nitrogen and oxygen atoms in total. The van der Waals surface area contributed by atoms with Crippen LogP contribution in [0.3, 0.4) is 0 Å². The van der Waals surface area contributed by atoms with E-state index in [4.69, 9.17) is 4.74 Å². The van der Waals surface area contributed by atoms with Crippen molar-refractivity contribution in [1.82, 2.24) is 9.88 Å². The van der Waals surface area contributed by atoms with Gasteiger partial charge in [0.15, 0.2) is 0 Å². The summed E-state index contributed by atoms with van der Waals surface area (Å²) in [6.07, 6.45) is 28.6.